The van der Waals surface area contributed by atoms with E-state index in [0.717, 1.165) is 0 Å². The fourth-order valence-electron chi connectivity index (χ4n) is 1.32. The molecule has 0 saturated carbocycles. The van der Waals surface area contributed by atoms with Crippen LogP contribution in [0.5, 0.6) is 0 Å². The topological polar surface area (TPSA) is 116 Å². The maximum atomic E-state index is 9.37. The Balaban J connectivity index is 2.70. The number of nitrogens with two attached hydrogens (primary N) is 1. The van der Waals surface area contributed by atoms with Gasteiger partial charge in [0, 0.05) is 0 Å². The molecule has 0 aromatic rings. The second-order valence-corrected chi connectivity index (χ2v) is 3.29. The minimum Gasteiger partial charge on any atom is -0.391 e. The molecule has 0 amide bonds. The summed E-state index contributed by atoms with van der Waals surface area (Å²) in [6.45, 7) is 1.39. The van der Waals surface area contributed by atoms with Gasteiger partial charge in [0.25, 0.3) is 0 Å². The molecule has 78 valence electrons. The lowest BCUT2D eigenvalue weighted by Crippen LogP contribution is -2.63. The molecule has 0 aliphatic carbocycles. The van der Waals surface area contributed by atoms with Crippen LogP contribution in [0, 0.1) is 0 Å². The maximum absolute atomic E-state index is 9.37. The third-order valence-electron chi connectivity index (χ3n) is 2.18. The lowest BCUT2D eigenvalue weighted by Gasteiger charge is -2.40. The van der Waals surface area contributed by atoms with Crippen LogP contribution in [0.25, 0.3) is 0 Å². The van der Waals surface area contributed by atoms with Crippen LogP contribution in [0.4, 0.5) is 0 Å². The third kappa shape index (κ3) is 1.98. The minimum absolute atomic E-state index is 0.980. The first-order chi connectivity index (χ1) is 5.95. The minimum atomic E-state index is -1.36. The molecule has 1 rings (SSSR count). The number of ether oxygens (including phenoxy) is 1. The van der Waals surface area contributed by atoms with Gasteiger partial charge in [-0.05, 0) is 6.92 Å². The molecular weight excluding hydrogens is 178 g/mol. The van der Waals surface area contributed by atoms with Crippen LogP contribution in [0.15, 0.2) is 0 Å². The number of rotatable bonds is 1. The summed E-state index contributed by atoms with van der Waals surface area (Å²) in [5, 5.41) is 37.0. The zero-order valence-corrected chi connectivity index (χ0v) is 7.24. The second-order valence-electron chi connectivity index (χ2n) is 3.29. The predicted octanol–water partition coefficient (Wildman–Crippen LogP) is -2.87. The summed E-state index contributed by atoms with van der Waals surface area (Å²) in [5.41, 5.74) is 5.31. The average Bonchev–Trinajstić information content (AvgIpc) is 2.07. The normalized spacial score (nSPS) is 48.9. The van der Waals surface area contributed by atoms with Crippen molar-refractivity contribution in [3.05, 3.63) is 0 Å². The molecule has 1 saturated heterocycles. The van der Waals surface area contributed by atoms with E-state index in [0.29, 0.717) is 0 Å². The molecule has 6 nitrogen and oxygen atoms in total. The smallest absolute Gasteiger partial charge is 0.173 e. The largest absolute Gasteiger partial charge is 0.391 e. The summed E-state index contributed by atoms with van der Waals surface area (Å²) in [4.78, 5) is 0. The van der Waals surface area contributed by atoms with E-state index in [2.05, 4.69) is 0 Å². The van der Waals surface area contributed by atoms with Gasteiger partial charge >= 0.3 is 0 Å². The molecule has 0 radical (unpaired) electrons. The Kier molecular flexibility index (Phi) is 3.23. The molecule has 6 atom stereocenters. The van der Waals surface area contributed by atoms with Gasteiger partial charge in [0.1, 0.15) is 18.3 Å². The molecule has 0 aromatic carbocycles. The zero-order chi connectivity index (χ0) is 10.2. The highest BCUT2D eigenvalue weighted by molar-refractivity contribution is 4.92. The number of hydrogen-bond acceptors (Lipinski definition) is 6. The summed E-state index contributed by atoms with van der Waals surface area (Å²) < 4.78 is 4.81. The summed E-state index contributed by atoms with van der Waals surface area (Å²) in [6.07, 6.45) is -5.92. The Morgan fingerprint density at radius 3 is 2.23 bits per heavy atom. The van der Waals surface area contributed by atoms with Gasteiger partial charge < -0.3 is 30.9 Å². The summed E-state index contributed by atoms with van der Waals surface area (Å²) in [5.74, 6) is 0. The fraction of sp³-hybridized carbons (Fsp3) is 1.00. The van der Waals surface area contributed by atoms with Gasteiger partial charge in [0.2, 0.25) is 0 Å². The first kappa shape index (κ1) is 10.8. The molecule has 6 N–H and O–H groups in total. The summed E-state index contributed by atoms with van der Waals surface area (Å²) in [7, 11) is 0. The molecule has 1 fully saturated rings. The van der Waals surface area contributed by atoms with Gasteiger partial charge in [-0.15, -0.1) is 0 Å². The summed E-state index contributed by atoms with van der Waals surface area (Å²) in [6, 6.07) is -1.05. The van der Waals surface area contributed by atoms with Crippen molar-refractivity contribution in [2.24, 2.45) is 5.73 Å². The Morgan fingerprint density at radius 1 is 1.23 bits per heavy atom. The zero-order valence-electron chi connectivity index (χ0n) is 7.24. The van der Waals surface area contributed by atoms with Crippen molar-refractivity contribution < 1.29 is 25.2 Å². The molecule has 13 heavy (non-hydrogen) atoms. The second kappa shape index (κ2) is 3.87. The van der Waals surface area contributed by atoms with E-state index in [-0.39, 0.29) is 0 Å². The molecule has 1 aliphatic heterocycles. The number of aliphatic hydroxyl groups is 4. The lowest BCUT2D eigenvalue weighted by molar-refractivity contribution is -0.260. The predicted molar refractivity (Wildman–Crippen MR) is 42.5 cm³/mol. The van der Waals surface area contributed by atoms with E-state index < -0.39 is 36.7 Å². The highest BCUT2D eigenvalue weighted by Gasteiger charge is 2.43. The standard InChI is InChI=1S/C7H15NO5/c1-2(9)6-5(11)4(10)3(8)7(12)13-6/h2-7,9-12H,8H2,1H3/t2-,3-,4-,5+,6-,7+/m1/s1. The molecule has 0 unspecified atom stereocenters. The van der Waals surface area contributed by atoms with Crippen LogP contribution in [-0.2, 0) is 4.74 Å². The van der Waals surface area contributed by atoms with Gasteiger partial charge in [0.15, 0.2) is 6.29 Å². The fourth-order valence-corrected chi connectivity index (χ4v) is 1.32. The molecule has 1 aliphatic rings. The van der Waals surface area contributed by atoms with Crippen molar-refractivity contribution in [1.29, 1.82) is 0 Å². The lowest BCUT2D eigenvalue weighted by atomic mass is 9.95. The third-order valence-corrected chi connectivity index (χ3v) is 2.18. The SMILES string of the molecule is C[C@@H](O)[C@H]1O[C@H](O)[C@H](N)[C@@H](O)[C@@H]1O. The van der Waals surface area contributed by atoms with Crippen LogP contribution in [0.2, 0.25) is 0 Å². The van der Waals surface area contributed by atoms with Crippen LogP contribution in [0.1, 0.15) is 6.92 Å². The van der Waals surface area contributed by atoms with E-state index in [9.17, 15) is 10.2 Å². The molecule has 6 heteroatoms. The van der Waals surface area contributed by atoms with E-state index in [1.807, 2.05) is 0 Å². The quantitative estimate of drug-likeness (QED) is 0.306. The Morgan fingerprint density at radius 2 is 1.77 bits per heavy atom. The molecule has 1 heterocycles. The van der Waals surface area contributed by atoms with Crippen molar-refractivity contribution in [2.45, 2.75) is 43.7 Å². The Bertz CT molecular complexity index is 176. The van der Waals surface area contributed by atoms with E-state index in [1.165, 1.54) is 6.92 Å². The number of aliphatic hydroxyl groups excluding tert-OH is 4. The number of hydrogen-bond donors (Lipinski definition) is 5. The Hall–Kier alpha value is -0.240. The molecular formula is C7H15NO5. The van der Waals surface area contributed by atoms with Crippen molar-refractivity contribution >= 4 is 0 Å². The first-order valence-corrected chi connectivity index (χ1v) is 4.08. The van der Waals surface area contributed by atoms with Gasteiger partial charge in [-0.1, -0.05) is 0 Å². The molecule has 0 aromatic heterocycles. The van der Waals surface area contributed by atoms with Gasteiger partial charge in [-0.3, -0.25) is 0 Å². The van der Waals surface area contributed by atoms with Crippen LogP contribution in [0.3, 0.4) is 0 Å². The highest BCUT2D eigenvalue weighted by atomic mass is 16.6. The Labute approximate surface area is 75.6 Å². The van der Waals surface area contributed by atoms with Crippen molar-refractivity contribution in [3.8, 4) is 0 Å². The van der Waals surface area contributed by atoms with Crippen LogP contribution < -0.4 is 5.73 Å². The van der Waals surface area contributed by atoms with Crippen molar-refractivity contribution in [2.75, 3.05) is 0 Å². The van der Waals surface area contributed by atoms with Crippen molar-refractivity contribution in [3.63, 3.8) is 0 Å². The summed E-state index contributed by atoms with van der Waals surface area (Å²) >= 11 is 0. The van der Waals surface area contributed by atoms with E-state index in [4.69, 9.17) is 20.7 Å². The maximum Gasteiger partial charge on any atom is 0.173 e. The first-order valence-electron chi connectivity index (χ1n) is 4.08. The van der Waals surface area contributed by atoms with E-state index in [1.54, 1.807) is 0 Å². The van der Waals surface area contributed by atoms with Crippen molar-refractivity contribution in [1.82, 2.24) is 0 Å². The highest BCUT2D eigenvalue weighted by Crippen LogP contribution is 2.20. The molecule has 0 bridgehead atoms. The van der Waals surface area contributed by atoms with Gasteiger partial charge in [-0.25, -0.2) is 0 Å². The van der Waals surface area contributed by atoms with Crippen LogP contribution in [-0.4, -0.2) is 57.2 Å². The van der Waals surface area contributed by atoms with Gasteiger partial charge in [0.05, 0.1) is 12.1 Å². The van der Waals surface area contributed by atoms with Gasteiger partial charge in [-0.2, -0.15) is 0 Å². The monoisotopic (exact) mass is 193 g/mol. The van der Waals surface area contributed by atoms with Crippen LogP contribution >= 0.6 is 0 Å². The average molecular weight is 193 g/mol. The van der Waals surface area contributed by atoms with E-state index >= 15 is 0 Å². The molecule has 0 spiro atoms.